The summed E-state index contributed by atoms with van der Waals surface area (Å²) in [6.07, 6.45) is 1.34. The number of rotatable bonds is 1. The fraction of sp³-hybridized carbons (Fsp3) is 0. The summed E-state index contributed by atoms with van der Waals surface area (Å²) in [5.41, 5.74) is 0.537. The summed E-state index contributed by atoms with van der Waals surface area (Å²) in [4.78, 5) is 4.11. The van der Waals surface area contributed by atoms with Crippen molar-refractivity contribution in [2.24, 2.45) is 0 Å². The number of nitrogens with zero attached hydrogens (tertiary/aromatic N) is 1. The molecule has 0 fully saturated rings. The summed E-state index contributed by atoms with van der Waals surface area (Å²) in [5, 5.41) is 0.739. The van der Waals surface area contributed by atoms with E-state index in [0.29, 0.717) is 5.52 Å². The highest BCUT2D eigenvalue weighted by molar-refractivity contribution is 5.83. The van der Waals surface area contributed by atoms with Crippen molar-refractivity contribution in [2.45, 2.75) is 0 Å². The summed E-state index contributed by atoms with van der Waals surface area (Å²) in [6.45, 7) is 0. The van der Waals surface area contributed by atoms with Crippen LogP contribution in [0.2, 0.25) is 0 Å². The number of para-hydroxylation sites is 1. The van der Waals surface area contributed by atoms with Crippen molar-refractivity contribution in [3.8, 4) is 11.1 Å². The van der Waals surface area contributed by atoms with E-state index < -0.39 is 23.0 Å². The zero-order valence-corrected chi connectivity index (χ0v) is 9.70. The molecular weight excluding hydrogens is 251 g/mol. The van der Waals surface area contributed by atoms with Gasteiger partial charge in [-0.05, 0) is 24.3 Å². The average Bonchev–Trinajstić information content (AvgIpc) is 2.43. The predicted octanol–water partition coefficient (Wildman–Crippen LogP) is 4.32. The zero-order valence-electron chi connectivity index (χ0n) is 9.70. The van der Waals surface area contributed by atoms with Crippen LogP contribution in [-0.2, 0) is 0 Å². The lowest BCUT2D eigenvalue weighted by Crippen LogP contribution is -1.94. The molecule has 3 rings (SSSR count). The molecule has 0 aliphatic carbocycles. The van der Waals surface area contributed by atoms with Gasteiger partial charge >= 0.3 is 0 Å². The molecule has 19 heavy (non-hydrogen) atoms. The fourth-order valence-corrected chi connectivity index (χ4v) is 2.00. The van der Waals surface area contributed by atoms with Crippen molar-refractivity contribution in [3.63, 3.8) is 0 Å². The topological polar surface area (TPSA) is 12.9 Å². The molecule has 0 amide bonds. The average molecular weight is 259 g/mol. The first kappa shape index (κ1) is 11.7. The third kappa shape index (κ3) is 1.95. The summed E-state index contributed by atoms with van der Waals surface area (Å²) in [5.74, 6) is -3.09. The number of fused-ring (bicyclic) bond motifs is 1. The van der Waals surface area contributed by atoms with E-state index in [0.717, 1.165) is 17.5 Å². The Bertz CT molecular complexity index is 768. The molecule has 0 unspecified atom stereocenters. The maximum Gasteiger partial charge on any atom is 0.169 e. The Morgan fingerprint density at radius 1 is 0.842 bits per heavy atom. The standard InChI is InChI=1S/C15H8F3N/c16-11-5-6-12(17)15(18)14(11)10-7-9-3-1-2-4-13(9)19-8-10/h1-8H. The number of benzene rings is 2. The van der Waals surface area contributed by atoms with Gasteiger partial charge < -0.3 is 0 Å². The van der Waals surface area contributed by atoms with Crippen molar-refractivity contribution >= 4 is 10.9 Å². The highest BCUT2D eigenvalue weighted by Gasteiger charge is 2.16. The Morgan fingerprint density at radius 3 is 2.42 bits per heavy atom. The van der Waals surface area contributed by atoms with Crippen LogP contribution in [0.4, 0.5) is 13.2 Å². The first-order chi connectivity index (χ1) is 9.16. The molecule has 3 aromatic rings. The molecule has 1 nitrogen and oxygen atoms in total. The van der Waals surface area contributed by atoms with Crippen molar-refractivity contribution in [1.29, 1.82) is 0 Å². The molecule has 0 saturated carbocycles. The van der Waals surface area contributed by atoms with Gasteiger partial charge in [0.1, 0.15) is 5.82 Å². The van der Waals surface area contributed by atoms with Crippen molar-refractivity contribution in [1.82, 2.24) is 4.98 Å². The van der Waals surface area contributed by atoms with Gasteiger partial charge in [-0.25, -0.2) is 13.2 Å². The minimum Gasteiger partial charge on any atom is -0.256 e. The zero-order chi connectivity index (χ0) is 13.4. The minimum atomic E-state index is -1.20. The molecule has 2 aromatic carbocycles. The fourth-order valence-electron chi connectivity index (χ4n) is 2.00. The van der Waals surface area contributed by atoms with Crippen LogP contribution >= 0.6 is 0 Å². The maximum atomic E-state index is 13.7. The van der Waals surface area contributed by atoms with E-state index in [9.17, 15) is 13.2 Å². The third-order valence-electron chi connectivity index (χ3n) is 2.92. The summed E-state index contributed by atoms with van der Waals surface area (Å²) < 4.78 is 40.6. The molecule has 1 aromatic heterocycles. The Hall–Kier alpha value is -2.36. The second kappa shape index (κ2) is 4.39. The summed E-state index contributed by atoms with van der Waals surface area (Å²) >= 11 is 0. The van der Waals surface area contributed by atoms with Crippen molar-refractivity contribution in [2.75, 3.05) is 0 Å². The molecule has 0 saturated heterocycles. The molecule has 1 heterocycles. The van der Waals surface area contributed by atoms with Gasteiger partial charge in [0.15, 0.2) is 11.6 Å². The second-order valence-corrected chi connectivity index (χ2v) is 4.13. The molecule has 0 bridgehead atoms. The predicted molar refractivity (Wildman–Crippen MR) is 67.1 cm³/mol. The molecule has 0 aliphatic heterocycles. The molecule has 0 N–H and O–H groups in total. The molecule has 94 valence electrons. The second-order valence-electron chi connectivity index (χ2n) is 4.13. The highest BCUT2D eigenvalue weighted by atomic mass is 19.2. The van der Waals surface area contributed by atoms with Gasteiger partial charge in [-0.2, -0.15) is 0 Å². The van der Waals surface area contributed by atoms with E-state index in [1.165, 1.54) is 6.20 Å². The molecule has 0 aliphatic rings. The Labute approximate surface area is 107 Å². The Morgan fingerprint density at radius 2 is 1.58 bits per heavy atom. The van der Waals surface area contributed by atoms with Crippen LogP contribution in [-0.4, -0.2) is 4.98 Å². The largest absolute Gasteiger partial charge is 0.256 e. The van der Waals surface area contributed by atoms with Gasteiger partial charge in [0.2, 0.25) is 0 Å². The summed E-state index contributed by atoms with van der Waals surface area (Å²) in [6, 6.07) is 10.4. The lowest BCUT2D eigenvalue weighted by atomic mass is 10.0. The number of hydrogen-bond donors (Lipinski definition) is 0. The minimum absolute atomic E-state index is 0.216. The van der Waals surface area contributed by atoms with Crippen molar-refractivity contribution in [3.05, 3.63) is 66.1 Å². The van der Waals surface area contributed by atoms with Gasteiger partial charge in [-0.3, -0.25) is 4.98 Å². The smallest absolute Gasteiger partial charge is 0.169 e. The number of halogens is 3. The van der Waals surface area contributed by atoms with E-state index in [-0.39, 0.29) is 5.56 Å². The van der Waals surface area contributed by atoms with E-state index in [1.54, 1.807) is 24.3 Å². The molecule has 4 heteroatoms. The Kier molecular flexibility index (Phi) is 2.71. The van der Waals surface area contributed by atoms with Crippen LogP contribution in [0.15, 0.2) is 48.7 Å². The van der Waals surface area contributed by atoms with Crippen LogP contribution in [0.5, 0.6) is 0 Å². The Balaban J connectivity index is 2.27. The third-order valence-corrected chi connectivity index (χ3v) is 2.92. The van der Waals surface area contributed by atoms with Crippen LogP contribution in [0.3, 0.4) is 0 Å². The molecular formula is C15H8F3N. The number of aromatic nitrogens is 1. The van der Waals surface area contributed by atoms with Gasteiger partial charge in [0.05, 0.1) is 11.1 Å². The van der Waals surface area contributed by atoms with Crippen LogP contribution < -0.4 is 0 Å². The van der Waals surface area contributed by atoms with E-state index in [4.69, 9.17) is 0 Å². The van der Waals surface area contributed by atoms with Gasteiger partial charge in [0, 0.05) is 17.1 Å². The normalized spacial score (nSPS) is 10.9. The lowest BCUT2D eigenvalue weighted by molar-refractivity contribution is 0.499. The quantitative estimate of drug-likeness (QED) is 0.593. The highest BCUT2D eigenvalue weighted by Crippen LogP contribution is 2.29. The van der Waals surface area contributed by atoms with Gasteiger partial charge in [0.25, 0.3) is 0 Å². The SMILES string of the molecule is Fc1ccc(F)c(-c2cnc3ccccc3c2)c1F. The van der Waals surface area contributed by atoms with Crippen LogP contribution in [0.25, 0.3) is 22.0 Å². The molecule has 0 spiro atoms. The van der Waals surface area contributed by atoms with Crippen LogP contribution in [0.1, 0.15) is 0 Å². The van der Waals surface area contributed by atoms with E-state index >= 15 is 0 Å². The monoisotopic (exact) mass is 259 g/mol. The first-order valence-electron chi connectivity index (χ1n) is 5.65. The number of pyridine rings is 1. The number of hydrogen-bond acceptors (Lipinski definition) is 1. The lowest BCUT2D eigenvalue weighted by Gasteiger charge is -2.06. The molecule has 0 radical (unpaired) electrons. The maximum absolute atomic E-state index is 13.7. The van der Waals surface area contributed by atoms with E-state index in [2.05, 4.69) is 4.98 Å². The van der Waals surface area contributed by atoms with Gasteiger partial charge in [-0.1, -0.05) is 18.2 Å². The van der Waals surface area contributed by atoms with E-state index in [1.807, 2.05) is 6.07 Å². The molecule has 0 atom stereocenters. The van der Waals surface area contributed by atoms with Crippen LogP contribution in [0, 0.1) is 17.5 Å². The summed E-state index contributed by atoms with van der Waals surface area (Å²) in [7, 11) is 0. The van der Waals surface area contributed by atoms with Gasteiger partial charge in [-0.15, -0.1) is 0 Å². The van der Waals surface area contributed by atoms with Crippen molar-refractivity contribution < 1.29 is 13.2 Å². The first-order valence-corrected chi connectivity index (χ1v) is 5.65.